The van der Waals surface area contributed by atoms with E-state index in [0.29, 0.717) is 0 Å². The Morgan fingerprint density at radius 3 is 2.11 bits per heavy atom. The van der Waals surface area contributed by atoms with Gasteiger partial charge in [0.2, 0.25) is 0 Å². The SMILES string of the molecule is CCCC=C(CCCCCCCCC)C(=O)OC. The van der Waals surface area contributed by atoms with Gasteiger partial charge in [-0.25, -0.2) is 4.79 Å². The number of esters is 1. The van der Waals surface area contributed by atoms with Gasteiger partial charge in [-0.05, 0) is 19.3 Å². The highest BCUT2D eigenvalue weighted by molar-refractivity contribution is 5.88. The molecular formula is C16H30O2. The Bertz CT molecular complexity index is 231. The summed E-state index contributed by atoms with van der Waals surface area (Å²) >= 11 is 0. The van der Waals surface area contributed by atoms with Crippen LogP contribution in [0.3, 0.4) is 0 Å². The van der Waals surface area contributed by atoms with E-state index < -0.39 is 0 Å². The van der Waals surface area contributed by atoms with Crippen LogP contribution in [0.5, 0.6) is 0 Å². The molecule has 0 heterocycles. The number of ether oxygens (including phenoxy) is 1. The second-order valence-electron chi connectivity index (χ2n) is 4.88. The molecule has 0 saturated carbocycles. The molecule has 0 bridgehead atoms. The zero-order valence-electron chi connectivity index (χ0n) is 12.5. The first-order valence-corrected chi connectivity index (χ1v) is 7.53. The van der Waals surface area contributed by atoms with Gasteiger partial charge in [0.15, 0.2) is 0 Å². The number of rotatable bonds is 11. The fourth-order valence-corrected chi connectivity index (χ4v) is 2.01. The van der Waals surface area contributed by atoms with Crippen molar-refractivity contribution in [2.45, 2.75) is 78.1 Å². The van der Waals surface area contributed by atoms with Crippen LogP contribution in [0.2, 0.25) is 0 Å². The molecule has 0 aliphatic heterocycles. The monoisotopic (exact) mass is 254 g/mol. The minimum Gasteiger partial charge on any atom is -0.466 e. The quantitative estimate of drug-likeness (QED) is 0.294. The summed E-state index contributed by atoms with van der Waals surface area (Å²) in [4.78, 5) is 11.5. The van der Waals surface area contributed by atoms with Crippen LogP contribution in [-0.2, 0) is 9.53 Å². The maximum atomic E-state index is 11.5. The molecule has 0 aliphatic carbocycles. The lowest BCUT2D eigenvalue weighted by atomic mass is 10.0. The zero-order chi connectivity index (χ0) is 13.6. The second-order valence-corrected chi connectivity index (χ2v) is 4.88. The Morgan fingerprint density at radius 1 is 0.944 bits per heavy atom. The second kappa shape index (κ2) is 12.7. The van der Waals surface area contributed by atoms with Gasteiger partial charge in [0.1, 0.15) is 0 Å². The van der Waals surface area contributed by atoms with Gasteiger partial charge in [0, 0.05) is 5.57 Å². The Balaban J connectivity index is 3.73. The molecule has 0 radical (unpaired) electrons. The first-order chi connectivity index (χ1) is 8.76. The minimum atomic E-state index is -0.144. The van der Waals surface area contributed by atoms with Gasteiger partial charge in [-0.15, -0.1) is 0 Å². The topological polar surface area (TPSA) is 26.3 Å². The van der Waals surface area contributed by atoms with E-state index in [1.165, 1.54) is 45.6 Å². The molecule has 0 aromatic carbocycles. The van der Waals surface area contributed by atoms with E-state index in [4.69, 9.17) is 4.74 Å². The molecule has 0 saturated heterocycles. The molecule has 0 N–H and O–H groups in total. The van der Waals surface area contributed by atoms with E-state index in [1.807, 2.05) is 6.08 Å². The molecule has 106 valence electrons. The lowest BCUT2D eigenvalue weighted by molar-refractivity contribution is -0.136. The molecular weight excluding hydrogens is 224 g/mol. The molecule has 0 amide bonds. The number of allylic oxidation sites excluding steroid dienone is 1. The predicted molar refractivity (Wildman–Crippen MR) is 77.6 cm³/mol. The Labute approximate surface area is 113 Å². The average molecular weight is 254 g/mol. The summed E-state index contributed by atoms with van der Waals surface area (Å²) in [5.41, 5.74) is 0.868. The number of methoxy groups -OCH3 is 1. The van der Waals surface area contributed by atoms with Crippen LogP contribution >= 0.6 is 0 Å². The summed E-state index contributed by atoms with van der Waals surface area (Å²) in [5.74, 6) is -0.144. The fourth-order valence-electron chi connectivity index (χ4n) is 2.01. The van der Waals surface area contributed by atoms with Gasteiger partial charge in [0.25, 0.3) is 0 Å². The summed E-state index contributed by atoms with van der Waals surface area (Å²) < 4.78 is 4.81. The van der Waals surface area contributed by atoms with E-state index in [-0.39, 0.29) is 5.97 Å². The van der Waals surface area contributed by atoms with Crippen LogP contribution in [0, 0.1) is 0 Å². The molecule has 0 aromatic heterocycles. The molecule has 2 heteroatoms. The van der Waals surface area contributed by atoms with Crippen molar-refractivity contribution >= 4 is 5.97 Å². The number of unbranched alkanes of at least 4 members (excludes halogenated alkanes) is 7. The standard InChI is InChI=1S/C16H30O2/c1-4-6-8-9-10-11-12-14-15(13-7-5-2)16(17)18-3/h13H,4-12,14H2,1-3H3. The minimum absolute atomic E-state index is 0.144. The van der Waals surface area contributed by atoms with Gasteiger partial charge in [-0.2, -0.15) is 0 Å². The molecule has 18 heavy (non-hydrogen) atoms. The number of carbonyl (C=O) groups excluding carboxylic acids is 1. The van der Waals surface area contributed by atoms with Crippen LogP contribution in [0.15, 0.2) is 11.6 Å². The van der Waals surface area contributed by atoms with Gasteiger partial charge in [-0.3, -0.25) is 0 Å². The maximum Gasteiger partial charge on any atom is 0.333 e. The Hall–Kier alpha value is -0.790. The van der Waals surface area contributed by atoms with Gasteiger partial charge >= 0.3 is 5.97 Å². The third-order valence-electron chi connectivity index (χ3n) is 3.18. The lowest BCUT2D eigenvalue weighted by Gasteiger charge is -2.05. The van der Waals surface area contributed by atoms with E-state index in [2.05, 4.69) is 13.8 Å². The highest BCUT2D eigenvalue weighted by Gasteiger charge is 2.08. The summed E-state index contributed by atoms with van der Waals surface area (Å²) in [7, 11) is 1.47. The molecule has 0 fully saturated rings. The summed E-state index contributed by atoms with van der Waals surface area (Å²) in [6.07, 6.45) is 13.9. The van der Waals surface area contributed by atoms with Crippen LogP contribution in [0.1, 0.15) is 78.1 Å². The summed E-state index contributed by atoms with van der Waals surface area (Å²) in [5, 5.41) is 0. The normalized spacial score (nSPS) is 11.6. The van der Waals surface area contributed by atoms with Gasteiger partial charge in [-0.1, -0.05) is 64.9 Å². The molecule has 0 rings (SSSR count). The predicted octanol–water partition coefficient (Wildman–Crippen LogP) is 5.03. The van der Waals surface area contributed by atoms with Crippen LogP contribution in [0.4, 0.5) is 0 Å². The van der Waals surface area contributed by atoms with Crippen LogP contribution < -0.4 is 0 Å². The van der Waals surface area contributed by atoms with E-state index >= 15 is 0 Å². The third-order valence-corrected chi connectivity index (χ3v) is 3.18. The van der Waals surface area contributed by atoms with Crippen molar-refractivity contribution in [3.8, 4) is 0 Å². The maximum absolute atomic E-state index is 11.5. The largest absolute Gasteiger partial charge is 0.466 e. The van der Waals surface area contributed by atoms with Crippen LogP contribution in [-0.4, -0.2) is 13.1 Å². The van der Waals surface area contributed by atoms with E-state index in [9.17, 15) is 4.79 Å². The Morgan fingerprint density at radius 2 is 1.56 bits per heavy atom. The number of carbonyl (C=O) groups is 1. The molecule has 0 atom stereocenters. The van der Waals surface area contributed by atoms with Gasteiger partial charge in [0.05, 0.1) is 7.11 Å². The van der Waals surface area contributed by atoms with Gasteiger partial charge < -0.3 is 4.74 Å². The highest BCUT2D eigenvalue weighted by atomic mass is 16.5. The first kappa shape index (κ1) is 17.2. The Kier molecular flexibility index (Phi) is 12.1. The molecule has 0 spiro atoms. The third kappa shape index (κ3) is 9.26. The van der Waals surface area contributed by atoms with Crippen molar-refractivity contribution in [1.29, 1.82) is 0 Å². The molecule has 0 unspecified atom stereocenters. The number of hydrogen-bond acceptors (Lipinski definition) is 2. The van der Waals surface area contributed by atoms with Crippen molar-refractivity contribution in [3.05, 3.63) is 11.6 Å². The van der Waals surface area contributed by atoms with Crippen LogP contribution in [0.25, 0.3) is 0 Å². The smallest absolute Gasteiger partial charge is 0.333 e. The van der Waals surface area contributed by atoms with Crippen molar-refractivity contribution in [2.75, 3.05) is 7.11 Å². The average Bonchev–Trinajstić information content (AvgIpc) is 2.40. The lowest BCUT2D eigenvalue weighted by Crippen LogP contribution is -2.05. The fraction of sp³-hybridized carbons (Fsp3) is 0.812. The first-order valence-electron chi connectivity index (χ1n) is 7.53. The summed E-state index contributed by atoms with van der Waals surface area (Å²) in [6, 6.07) is 0. The van der Waals surface area contributed by atoms with Crippen molar-refractivity contribution in [3.63, 3.8) is 0 Å². The number of hydrogen-bond donors (Lipinski definition) is 0. The van der Waals surface area contributed by atoms with Crippen molar-refractivity contribution < 1.29 is 9.53 Å². The highest BCUT2D eigenvalue weighted by Crippen LogP contribution is 2.14. The zero-order valence-corrected chi connectivity index (χ0v) is 12.5. The molecule has 0 aromatic rings. The molecule has 0 aliphatic rings. The molecule has 2 nitrogen and oxygen atoms in total. The van der Waals surface area contributed by atoms with E-state index in [0.717, 1.165) is 31.3 Å². The van der Waals surface area contributed by atoms with Crippen molar-refractivity contribution in [1.82, 2.24) is 0 Å². The van der Waals surface area contributed by atoms with Crippen molar-refractivity contribution in [2.24, 2.45) is 0 Å². The van der Waals surface area contributed by atoms with E-state index in [1.54, 1.807) is 0 Å². The summed E-state index contributed by atoms with van der Waals surface area (Å²) in [6.45, 7) is 4.36.